The Kier molecular flexibility index (Phi) is 6.52. The molecule has 0 atom stereocenters. The fourth-order valence-electron chi connectivity index (χ4n) is 1.78. The molecule has 0 fully saturated rings. The summed E-state index contributed by atoms with van der Waals surface area (Å²) in [4.78, 5) is 12.8. The van der Waals surface area contributed by atoms with Crippen LogP contribution in [0.4, 0.5) is 0 Å². The van der Waals surface area contributed by atoms with Crippen molar-refractivity contribution < 1.29 is 14.6 Å². The molecule has 1 aromatic rings. The van der Waals surface area contributed by atoms with Crippen molar-refractivity contribution in [3.8, 4) is 5.75 Å². The second-order valence-corrected chi connectivity index (χ2v) is 5.74. The molecule has 0 aliphatic rings. The van der Waals surface area contributed by atoms with Gasteiger partial charge < -0.3 is 9.84 Å². The zero-order chi connectivity index (χ0) is 15.1. The van der Waals surface area contributed by atoms with Crippen LogP contribution in [0, 0.1) is 5.92 Å². The van der Waals surface area contributed by atoms with Gasteiger partial charge in [0.1, 0.15) is 5.75 Å². The van der Waals surface area contributed by atoms with Crippen molar-refractivity contribution in [2.75, 3.05) is 13.2 Å². The topological polar surface area (TPSA) is 49.8 Å². The molecule has 0 radical (unpaired) electrons. The normalized spacial score (nSPS) is 11.3. The Morgan fingerprint density at radius 1 is 1.20 bits per heavy atom. The first-order valence-electron chi connectivity index (χ1n) is 7.06. The molecule has 0 amide bonds. The summed E-state index contributed by atoms with van der Waals surface area (Å²) in [6.07, 6.45) is 0. The number of carboxylic acids is 1. The summed E-state index contributed by atoms with van der Waals surface area (Å²) in [5.41, 5.74) is 1.09. The first-order valence-corrected chi connectivity index (χ1v) is 7.06. The van der Waals surface area contributed by atoms with Crippen LogP contribution in [0.3, 0.4) is 0 Å². The van der Waals surface area contributed by atoms with E-state index in [4.69, 9.17) is 9.84 Å². The summed E-state index contributed by atoms with van der Waals surface area (Å²) in [5, 5.41) is 8.92. The van der Waals surface area contributed by atoms with E-state index < -0.39 is 5.97 Å². The summed E-state index contributed by atoms with van der Waals surface area (Å²) < 4.78 is 5.63. The summed E-state index contributed by atoms with van der Waals surface area (Å²) in [7, 11) is 0. The van der Waals surface area contributed by atoms with Crippen LogP contribution in [-0.2, 0) is 11.3 Å². The van der Waals surface area contributed by atoms with Crippen molar-refractivity contribution in [1.82, 2.24) is 4.90 Å². The molecule has 0 saturated carbocycles. The molecule has 0 aliphatic carbocycles. The zero-order valence-corrected chi connectivity index (χ0v) is 12.8. The average molecular weight is 279 g/mol. The summed E-state index contributed by atoms with van der Waals surface area (Å²) in [6, 6.07) is 8.07. The van der Waals surface area contributed by atoms with E-state index >= 15 is 0 Å². The fourth-order valence-corrected chi connectivity index (χ4v) is 1.78. The van der Waals surface area contributed by atoms with Gasteiger partial charge in [-0.2, -0.15) is 0 Å². The van der Waals surface area contributed by atoms with Gasteiger partial charge in [-0.25, -0.2) is 0 Å². The van der Waals surface area contributed by atoms with E-state index in [1.54, 1.807) is 0 Å². The van der Waals surface area contributed by atoms with E-state index in [9.17, 15) is 4.79 Å². The predicted molar refractivity (Wildman–Crippen MR) is 80.0 cm³/mol. The van der Waals surface area contributed by atoms with Gasteiger partial charge in [-0.05, 0) is 37.5 Å². The molecule has 112 valence electrons. The number of carbonyl (C=O) groups is 1. The van der Waals surface area contributed by atoms with Crippen LogP contribution in [0.15, 0.2) is 24.3 Å². The van der Waals surface area contributed by atoms with Crippen molar-refractivity contribution in [2.24, 2.45) is 5.92 Å². The van der Waals surface area contributed by atoms with Crippen LogP contribution in [0.2, 0.25) is 0 Å². The Morgan fingerprint density at radius 3 is 2.25 bits per heavy atom. The highest BCUT2D eigenvalue weighted by atomic mass is 16.5. The highest BCUT2D eigenvalue weighted by Crippen LogP contribution is 2.15. The third kappa shape index (κ3) is 6.06. The van der Waals surface area contributed by atoms with Gasteiger partial charge in [0, 0.05) is 12.6 Å². The Hall–Kier alpha value is -1.55. The van der Waals surface area contributed by atoms with Crippen LogP contribution in [-0.4, -0.2) is 35.2 Å². The molecule has 1 rings (SSSR count). The lowest BCUT2D eigenvalue weighted by molar-refractivity contribution is -0.138. The monoisotopic (exact) mass is 279 g/mol. The quantitative estimate of drug-likeness (QED) is 0.794. The zero-order valence-electron chi connectivity index (χ0n) is 12.8. The van der Waals surface area contributed by atoms with Crippen LogP contribution < -0.4 is 4.74 Å². The SMILES string of the molecule is CC(C)COc1ccc(CN(CC(=O)O)C(C)C)cc1. The van der Waals surface area contributed by atoms with Crippen molar-refractivity contribution in [3.63, 3.8) is 0 Å². The Balaban J connectivity index is 2.60. The molecule has 0 spiro atoms. The minimum absolute atomic E-state index is 0.0588. The molecule has 0 bridgehead atoms. The number of rotatable bonds is 8. The fraction of sp³-hybridized carbons (Fsp3) is 0.562. The maximum absolute atomic E-state index is 10.8. The van der Waals surface area contributed by atoms with Crippen molar-refractivity contribution in [3.05, 3.63) is 29.8 Å². The number of hydrogen-bond donors (Lipinski definition) is 1. The van der Waals surface area contributed by atoms with Crippen LogP contribution >= 0.6 is 0 Å². The Labute approximate surface area is 121 Å². The van der Waals surface area contributed by atoms with Gasteiger partial charge in [0.15, 0.2) is 0 Å². The molecular formula is C16H25NO3. The van der Waals surface area contributed by atoms with Gasteiger partial charge in [0.25, 0.3) is 0 Å². The van der Waals surface area contributed by atoms with Gasteiger partial charge in [0.2, 0.25) is 0 Å². The van der Waals surface area contributed by atoms with Gasteiger partial charge in [-0.15, -0.1) is 0 Å². The molecule has 0 unspecified atom stereocenters. The summed E-state index contributed by atoms with van der Waals surface area (Å²) in [6.45, 7) is 9.63. The first kappa shape index (κ1) is 16.5. The molecule has 1 N–H and O–H groups in total. The highest BCUT2D eigenvalue weighted by Gasteiger charge is 2.13. The van der Waals surface area contributed by atoms with Crippen LogP contribution in [0.1, 0.15) is 33.3 Å². The third-order valence-corrected chi connectivity index (χ3v) is 2.96. The predicted octanol–water partition coefficient (Wildman–Crippen LogP) is 3.02. The molecule has 0 aliphatic heterocycles. The van der Waals surface area contributed by atoms with E-state index in [-0.39, 0.29) is 12.6 Å². The lowest BCUT2D eigenvalue weighted by Gasteiger charge is -2.24. The lowest BCUT2D eigenvalue weighted by atomic mass is 10.2. The van der Waals surface area contributed by atoms with E-state index in [1.165, 1.54) is 0 Å². The van der Waals surface area contributed by atoms with Gasteiger partial charge in [0.05, 0.1) is 13.2 Å². The number of aliphatic carboxylic acids is 1. The van der Waals surface area contributed by atoms with Crippen LogP contribution in [0.25, 0.3) is 0 Å². The maximum atomic E-state index is 10.8. The molecule has 20 heavy (non-hydrogen) atoms. The van der Waals surface area contributed by atoms with E-state index in [0.717, 1.165) is 11.3 Å². The number of hydrogen-bond acceptors (Lipinski definition) is 3. The number of nitrogens with zero attached hydrogens (tertiary/aromatic N) is 1. The van der Waals surface area contributed by atoms with Gasteiger partial charge >= 0.3 is 5.97 Å². The number of ether oxygens (including phenoxy) is 1. The largest absolute Gasteiger partial charge is 0.493 e. The standard InChI is InChI=1S/C16H25NO3/c1-12(2)11-20-15-7-5-14(6-8-15)9-17(13(3)4)10-16(18)19/h5-8,12-13H,9-11H2,1-4H3,(H,18,19). The Bertz CT molecular complexity index is 412. The summed E-state index contributed by atoms with van der Waals surface area (Å²) >= 11 is 0. The average Bonchev–Trinajstić information content (AvgIpc) is 2.36. The second-order valence-electron chi connectivity index (χ2n) is 5.74. The molecule has 1 aromatic carbocycles. The number of carboxylic acid groups (broad SMARTS) is 1. The smallest absolute Gasteiger partial charge is 0.317 e. The molecule has 4 heteroatoms. The van der Waals surface area contributed by atoms with E-state index in [2.05, 4.69) is 13.8 Å². The summed E-state index contributed by atoms with van der Waals surface area (Å²) in [5.74, 6) is 0.564. The second kappa shape index (κ2) is 7.90. The van der Waals surface area contributed by atoms with Gasteiger partial charge in [-0.1, -0.05) is 26.0 Å². The number of benzene rings is 1. The maximum Gasteiger partial charge on any atom is 0.317 e. The van der Waals surface area contributed by atoms with Crippen molar-refractivity contribution in [2.45, 2.75) is 40.3 Å². The molecule has 0 saturated heterocycles. The van der Waals surface area contributed by atoms with Crippen molar-refractivity contribution in [1.29, 1.82) is 0 Å². The first-order chi connectivity index (χ1) is 9.38. The highest BCUT2D eigenvalue weighted by molar-refractivity contribution is 5.69. The Morgan fingerprint density at radius 2 is 1.80 bits per heavy atom. The minimum Gasteiger partial charge on any atom is -0.493 e. The van der Waals surface area contributed by atoms with Crippen LogP contribution in [0.5, 0.6) is 5.75 Å². The molecule has 0 aromatic heterocycles. The molecular weight excluding hydrogens is 254 g/mol. The lowest BCUT2D eigenvalue weighted by Crippen LogP contribution is -2.35. The van der Waals surface area contributed by atoms with E-state index in [0.29, 0.717) is 19.1 Å². The molecule has 0 heterocycles. The molecule has 4 nitrogen and oxygen atoms in total. The van der Waals surface area contributed by atoms with E-state index in [1.807, 2.05) is 43.0 Å². The van der Waals surface area contributed by atoms with Gasteiger partial charge in [-0.3, -0.25) is 9.69 Å². The minimum atomic E-state index is -0.796. The van der Waals surface area contributed by atoms with Crippen molar-refractivity contribution >= 4 is 5.97 Å². The third-order valence-electron chi connectivity index (χ3n) is 2.96.